The lowest BCUT2D eigenvalue weighted by Crippen LogP contribution is -2.46. The lowest BCUT2D eigenvalue weighted by molar-refractivity contribution is -0.000263. The van der Waals surface area contributed by atoms with Crippen LogP contribution in [0.5, 0.6) is 5.75 Å². The second kappa shape index (κ2) is 8.75. The summed E-state index contributed by atoms with van der Waals surface area (Å²) in [5.74, 6) is -1.43. The summed E-state index contributed by atoms with van der Waals surface area (Å²) in [6, 6.07) is 6.55. The van der Waals surface area contributed by atoms with Crippen molar-refractivity contribution in [3.63, 3.8) is 0 Å². The lowest BCUT2D eigenvalue weighted by Gasteiger charge is -2.38. The number of hydrazine groups is 1. The summed E-state index contributed by atoms with van der Waals surface area (Å²) in [5.41, 5.74) is 6.78. The number of anilines is 1. The smallest absolute Gasteiger partial charge is 0.202 e. The third-order valence-electron chi connectivity index (χ3n) is 5.48. The number of pyridine rings is 1. The zero-order valence-corrected chi connectivity index (χ0v) is 16.2. The van der Waals surface area contributed by atoms with Gasteiger partial charge >= 0.3 is 0 Å². The van der Waals surface area contributed by atoms with Crippen LogP contribution in [0.4, 0.5) is 14.5 Å². The van der Waals surface area contributed by atoms with E-state index >= 15 is 0 Å². The molecule has 0 bridgehead atoms. The van der Waals surface area contributed by atoms with Gasteiger partial charge in [0, 0.05) is 37.9 Å². The highest BCUT2D eigenvalue weighted by atomic mass is 19.2. The van der Waals surface area contributed by atoms with Gasteiger partial charge in [0.1, 0.15) is 13.3 Å². The molecule has 8 heteroatoms. The topological polar surface area (TPSA) is 57.9 Å². The van der Waals surface area contributed by atoms with Crippen molar-refractivity contribution in [3.8, 4) is 5.75 Å². The van der Waals surface area contributed by atoms with E-state index in [1.165, 1.54) is 6.07 Å². The van der Waals surface area contributed by atoms with Gasteiger partial charge in [0.05, 0.1) is 5.69 Å². The van der Waals surface area contributed by atoms with Crippen molar-refractivity contribution >= 4 is 5.69 Å². The van der Waals surface area contributed by atoms with Gasteiger partial charge in [0.15, 0.2) is 11.6 Å². The van der Waals surface area contributed by atoms with E-state index in [2.05, 4.69) is 9.99 Å². The molecule has 0 amide bonds. The van der Waals surface area contributed by atoms with Gasteiger partial charge in [-0.25, -0.2) is 9.40 Å². The Morgan fingerprint density at radius 3 is 2.52 bits per heavy atom. The van der Waals surface area contributed by atoms with Crippen LogP contribution in [0.15, 0.2) is 49.1 Å². The molecule has 0 saturated carbocycles. The molecule has 29 heavy (non-hydrogen) atoms. The largest absolute Gasteiger partial charge is 0.486 e. The van der Waals surface area contributed by atoms with E-state index in [0.29, 0.717) is 12.6 Å². The first-order chi connectivity index (χ1) is 14.2. The number of benzene rings is 1. The molecule has 3 heterocycles. The van der Waals surface area contributed by atoms with E-state index in [0.717, 1.165) is 38.0 Å². The monoisotopic (exact) mass is 401 g/mol. The van der Waals surface area contributed by atoms with Crippen LogP contribution in [0, 0.1) is 17.6 Å². The first-order valence-electron chi connectivity index (χ1n) is 9.82. The van der Waals surface area contributed by atoms with Gasteiger partial charge in [0.25, 0.3) is 0 Å². The van der Waals surface area contributed by atoms with Gasteiger partial charge in [0.2, 0.25) is 5.82 Å². The predicted octanol–water partition coefficient (Wildman–Crippen LogP) is 3.08. The number of ether oxygens (including phenoxy) is 1. The fraction of sp³-hybridized carbons (Fsp3) is 0.381. The standard InChI is InChI=1S/C21H25F2N5O/c22-20-18(1-2-19(21(20)23)29-14-17-3-7-25-8-4-17)26-11-12-28(15-26)27-9-5-16(13-24)6-10-27/h1-4,7-8,11-12,16H,5-6,9-10,13-15,24H2. The zero-order valence-electron chi connectivity index (χ0n) is 16.2. The first-order valence-corrected chi connectivity index (χ1v) is 9.82. The molecule has 0 spiro atoms. The SMILES string of the molecule is NCC1CCN(N2C=CN(c3ccc(OCc4ccncc4)c(F)c3F)C2)CC1. The van der Waals surface area contributed by atoms with Crippen LogP contribution >= 0.6 is 0 Å². The van der Waals surface area contributed by atoms with E-state index in [1.54, 1.807) is 41.7 Å². The predicted molar refractivity (Wildman–Crippen MR) is 107 cm³/mol. The molecule has 2 aliphatic heterocycles. The number of nitrogens with zero attached hydrogens (tertiary/aromatic N) is 4. The number of halogens is 2. The molecular formula is C21H25F2N5O. The van der Waals surface area contributed by atoms with Crippen molar-refractivity contribution in [2.24, 2.45) is 11.7 Å². The second-order valence-electron chi connectivity index (χ2n) is 7.34. The Morgan fingerprint density at radius 1 is 1.03 bits per heavy atom. The molecule has 1 aromatic carbocycles. The van der Waals surface area contributed by atoms with E-state index in [9.17, 15) is 8.78 Å². The molecule has 0 atom stereocenters. The molecule has 6 nitrogen and oxygen atoms in total. The van der Waals surface area contributed by atoms with Crippen LogP contribution in [0.3, 0.4) is 0 Å². The lowest BCUT2D eigenvalue weighted by atomic mass is 9.98. The van der Waals surface area contributed by atoms with Crippen molar-refractivity contribution in [1.29, 1.82) is 0 Å². The highest BCUT2D eigenvalue weighted by molar-refractivity contribution is 5.54. The number of hydrogen-bond donors (Lipinski definition) is 1. The maximum Gasteiger partial charge on any atom is 0.202 e. The Hall–Kier alpha value is -2.71. The van der Waals surface area contributed by atoms with Crippen LogP contribution < -0.4 is 15.4 Å². The molecule has 2 aromatic rings. The molecule has 2 N–H and O–H groups in total. The van der Waals surface area contributed by atoms with Crippen LogP contribution in [0.2, 0.25) is 0 Å². The number of rotatable bonds is 6. The normalized spacial score (nSPS) is 17.9. The number of aromatic nitrogens is 1. The van der Waals surface area contributed by atoms with E-state index in [1.807, 2.05) is 11.2 Å². The van der Waals surface area contributed by atoms with Gasteiger partial charge in [-0.3, -0.25) is 9.99 Å². The fourth-order valence-corrected chi connectivity index (χ4v) is 3.65. The van der Waals surface area contributed by atoms with Gasteiger partial charge < -0.3 is 15.4 Å². The molecule has 0 unspecified atom stereocenters. The molecule has 0 radical (unpaired) electrons. The van der Waals surface area contributed by atoms with Crippen molar-refractivity contribution in [2.75, 3.05) is 31.2 Å². The van der Waals surface area contributed by atoms with Crippen LogP contribution in [0.25, 0.3) is 0 Å². The minimum absolute atomic E-state index is 0.105. The summed E-state index contributed by atoms with van der Waals surface area (Å²) in [7, 11) is 0. The van der Waals surface area contributed by atoms with Crippen molar-refractivity contribution in [3.05, 3.63) is 66.3 Å². The first kappa shape index (κ1) is 19.6. The fourth-order valence-electron chi connectivity index (χ4n) is 3.65. The van der Waals surface area contributed by atoms with Crippen molar-refractivity contribution in [2.45, 2.75) is 19.4 Å². The minimum atomic E-state index is -0.979. The minimum Gasteiger partial charge on any atom is -0.486 e. The van der Waals surface area contributed by atoms with Crippen LogP contribution in [0.1, 0.15) is 18.4 Å². The van der Waals surface area contributed by atoms with Gasteiger partial charge in [-0.2, -0.15) is 4.39 Å². The molecule has 4 rings (SSSR count). The van der Waals surface area contributed by atoms with E-state index < -0.39 is 11.6 Å². The van der Waals surface area contributed by atoms with Gasteiger partial charge in [-0.1, -0.05) is 0 Å². The highest BCUT2D eigenvalue weighted by Gasteiger charge is 2.27. The summed E-state index contributed by atoms with van der Waals surface area (Å²) in [6.45, 7) is 3.14. The summed E-state index contributed by atoms with van der Waals surface area (Å²) in [4.78, 5) is 5.62. The highest BCUT2D eigenvalue weighted by Crippen LogP contribution is 2.31. The average Bonchev–Trinajstić information content (AvgIpc) is 3.25. The zero-order chi connectivity index (χ0) is 20.2. The Bertz CT molecular complexity index is 856. The maximum atomic E-state index is 14.7. The van der Waals surface area contributed by atoms with E-state index in [-0.39, 0.29) is 18.0 Å². The molecule has 1 saturated heterocycles. The number of piperidine rings is 1. The summed E-state index contributed by atoms with van der Waals surface area (Å²) in [5, 5.41) is 4.26. The second-order valence-corrected chi connectivity index (χ2v) is 7.34. The van der Waals surface area contributed by atoms with E-state index in [4.69, 9.17) is 10.5 Å². The summed E-state index contributed by atoms with van der Waals surface area (Å²) in [6.07, 6.45) is 9.02. The third kappa shape index (κ3) is 4.33. The Labute approximate surface area is 169 Å². The summed E-state index contributed by atoms with van der Waals surface area (Å²) >= 11 is 0. The third-order valence-corrected chi connectivity index (χ3v) is 5.48. The Balaban J connectivity index is 1.39. The molecule has 0 aliphatic carbocycles. The summed E-state index contributed by atoms with van der Waals surface area (Å²) < 4.78 is 34.7. The van der Waals surface area contributed by atoms with Gasteiger partial charge in [-0.15, -0.1) is 0 Å². The molecule has 1 aromatic heterocycles. The maximum absolute atomic E-state index is 14.7. The van der Waals surface area contributed by atoms with Crippen molar-refractivity contribution in [1.82, 2.24) is 15.0 Å². The average molecular weight is 401 g/mol. The number of hydrogen-bond acceptors (Lipinski definition) is 6. The molecule has 2 aliphatic rings. The van der Waals surface area contributed by atoms with Gasteiger partial charge in [-0.05, 0) is 55.1 Å². The number of nitrogens with two attached hydrogens (primary N) is 1. The van der Waals surface area contributed by atoms with Crippen LogP contribution in [-0.2, 0) is 6.61 Å². The molecular weight excluding hydrogens is 376 g/mol. The van der Waals surface area contributed by atoms with Crippen LogP contribution in [-0.4, -0.2) is 41.3 Å². The molecule has 1 fully saturated rings. The Kier molecular flexibility index (Phi) is 5.92. The quantitative estimate of drug-likeness (QED) is 0.803. The van der Waals surface area contributed by atoms with Crippen molar-refractivity contribution < 1.29 is 13.5 Å². The molecule has 154 valence electrons. The Morgan fingerprint density at radius 2 is 1.79 bits per heavy atom.